The second-order valence-corrected chi connectivity index (χ2v) is 8.71. The SMILES string of the molecule is CN(C)CCC[C@]1(c2ccc(F)cc2)OCC2CC3(C4OCCO4)C=CC21O3. The first-order chi connectivity index (χ1) is 13.5. The van der Waals surface area contributed by atoms with Gasteiger partial charge in [0.15, 0.2) is 6.29 Å². The summed E-state index contributed by atoms with van der Waals surface area (Å²) >= 11 is 0. The lowest BCUT2D eigenvalue weighted by molar-refractivity contribution is -0.216. The Kier molecular flexibility index (Phi) is 4.41. The smallest absolute Gasteiger partial charge is 0.190 e. The quantitative estimate of drug-likeness (QED) is 0.700. The maximum Gasteiger partial charge on any atom is 0.190 e. The molecule has 5 rings (SSSR count). The van der Waals surface area contributed by atoms with Crippen LogP contribution in [0.25, 0.3) is 0 Å². The van der Waals surface area contributed by atoms with Crippen molar-refractivity contribution in [2.75, 3.05) is 40.5 Å². The number of rotatable bonds is 6. The summed E-state index contributed by atoms with van der Waals surface area (Å²) in [6, 6.07) is 6.72. The van der Waals surface area contributed by atoms with Gasteiger partial charge >= 0.3 is 0 Å². The van der Waals surface area contributed by atoms with Crippen LogP contribution in [-0.2, 0) is 24.5 Å². The van der Waals surface area contributed by atoms with E-state index in [0.29, 0.717) is 19.8 Å². The zero-order valence-electron chi connectivity index (χ0n) is 16.5. The minimum absolute atomic E-state index is 0.231. The van der Waals surface area contributed by atoms with E-state index in [1.165, 1.54) is 12.1 Å². The highest BCUT2D eigenvalue weighted by Crippen LogP contribution is 2.65. The van der Waals surface area contributed by atoms with Crippen LogP contribution in [0.15, 0.2) is 36.4 Å². The second kappa shape index (κ2) is 6.61. The minimum atomic E-state index is -0.630. The first-order valence-electron chi connectivity index (χ1n) is 10.2. The van der Waals surface area contributed by atoms with Crippen LogP contribution in [0.5, 0.6) is 0 Å². The molecule has 1 aromatic carbocycles. The van der Waals surface area contributed by atoms with Gasteiger partial charge in [0, 0.05) is 5.92 Å². The van der Waals surface area contributed by atoms with Crippen LogP contribution in [0.1, 0.15) is 24.8 Å². The number of halogens is 1. The molecule has 152 valence electrons. The molecule has 2 bridgehead atoms. The molecular weight excluding hydrogens is 361 g/mol. The van der Waals surface area contributed by atoms with Crippen molar-refractivity contribution in [2.45, 2.75) is 42.4 Å². The van der Waals surface area contributed by atoms with Crippen molar-refractivity contribution in [1.82, 2.24) is 4.90 Å². The molecule has 3 fully saturated rings. The van der Waals surface area contributed by atoms with Crippen LogP contribution in [0.3, 0.4) is 0 Å². The van der Waals surface area contributed by atoms with Crippen LogP contribution in [0.4, 0.5) is 4.39 Å². The van der Waals surface area contributed by atoms with Crippen LogP contribution < -0.4 is 0 Å². The van der Waals surface area contributed by atoms with Gasteiger partial charge in [0.25, 0.3) is 0 Å². The zero-order chi connectivity index (χ0) is 19.4. The number of hydrogen-bond acceptors (Lipinski definition) is 5. The van der Waals surface area contributed by atoms with E-state index in [0.717, 1.165) is 31.4 Å². The highest BCUT2D eigenvalue weighted by atomic mass is 19.1. The lowest BCUT2D eigenvalue weighted by atomic mass is 9.68. The summed E-state index contributed by atoms with van der Waals surface area (Å²) in [4.78, 5) is 2.17. The Labute approximate surface area is 165 Å². The van der Waals surface area contributed by atoms with E-state index >= 15 is 0 Å². The summed E-state index contributed by atoms with van der Waals surface area (Å²) < 4.78 is 38.7. The normalized spacial score (nSPS) is 39.4. The third-order valence-electron chi connectivity index (χ3n) is 6.77. The summed E-state index contributed by atoms with van der Waals surface area (Å²) in [7, 11) is 4.14. The molecule has 4 atom stereocenters. The van der Waals surface area contributed by atoms with Crippen molar-refractivity contribution in [2.24, 2.45) is 5.92 Å². The molecule has 0 N–H and O–H groups in total. The molecule has 0 amide bonds. The fraction of sp³-hybridized carbons (Fsp3) is 0.636. The topological polar surface area (TPSA) is 40.2 Å². The van der Waals surface area contributed by atoms with Crippen molar-refractivity contribution in [3.05, 3.63) is 47.8 Å². The van der Waals surface area contributed by atoms with Gasteiger partial charge in [-0.3, -0.25) is 0 Å². The van der Waals surface area contributed by atoms with Gasteiger partial charge in [-0.05, 0) is 63.7 Å². The van der Waals surface area contributed by atoms with Gasteiger partial charge in [-0.1, -0.05) is 18.2 Å². The molecule has 28 heavy (non-hydrogen) atoms. The Morgan fingerprint density at radius 3 is 2.57 bits per heavy atom. The molecule has 0 saturated carbocycles. The highest BCUT2D eigenvalue weighted by Gasteiger charge is 2.73. The van der Waals surface area contributed by atoms with Crippen molar-refractivity contribution in [3.8, 4) is 0 Å². The van der Waals surface area contributed by atoms with Gasteiger partial charge in [0.05, 0.1) is 19.8 Å². The third-order valence-corrected chi connectivity index (χ3v) is 6.77. The van der Waals surface area contributed by atoms with E-state index in [9.17, 15) is 4.39 Å². The van der Waals surface area contributed by atoms with E-state index < -0.39 is 16.8 Å². The Morgan fingerprint density at radius 1 is 1.11 bits per heavy atom. The van der Waals surface area contributed by atoms with E-state index in [4.69, 9.17) is 18.9 Å². The molecule has 6 heteroatoms. The fourth-order valence-electron chi connectivity index (χ4n) is 5.55. The molecule has 3 saturated heterocycles. The number of hydrogen-bond donors (Lipinski definition) is 0. The molecule has 0 aromatic heterocycles. The van der Waals surface area contributed by atoms with Crippen LogP contribution in [0, 0.1) is 11.7 Å². The van der Waals surface area contributed by atoms with Crippen molar-refractivity contribution >= 4 is 0 Å². The van der Waals surface area contributed by atoms with Gasteiger partial charge < -0.3 is 23.8 Å². The number of ether oxygens (including phenoxy) is 4. The number of benzene rings is 1. The van der Waals surface area contributed by atoms with E-state index in [1.807, 2.05) is 12.1 Å². The molecule has 3 unspecified atom stereocenters. The van der Waals surface area contributed by atoms with Crippen molar-refractivity contribution < 1.29 is 23.3 Å². The number of nitrogens with zero attached hydrogens (tertiary/aromatic N) is 1. The Bertz CT molecular complexity index is 762. The van der Waals surface area contributed by atoms with Gasteiger partial charge in [-0.15, -0.1) is 0 Å². The summed E-state index contributed by atoms with van der Waals surface area (Å²) in [6.45, 7) is 2.78. The summed E-state index contributed by atoms with van der Waals surface area (Å²) in [5.74, 6) is -0.00893. The van der Waals surface area contributed by atoms with Gasteiger partial charge in [0.2, 0.25) is 0 Å². The molecule has 1 spiro atoms. The lowest BCUT2D eigenvalue weighted by Gasteiger charge is -2.42. The summed E-state index contributed by atoms with van der Waals surface area (Å²) in [6.07, 6.45) is 6.53. The fourth-order valence-corrected chi connectivity index (χ4v) is 5.55. The average molecular weight is 389 g/mol. The van der Waals surface area contributed by atoms with Gasteiger partial charge in [-0.25, -0.2) is 4.39 Å². The number of fused-ring (bicyclic) bond motifs is 1. The molecule has 4 heterocycles. The van der Waals surface area contributed by atoms with Crippen molar-refractivity contribution in [1.29, 1.82) is 0 Å². The summed E-state index contributed by atoms with van der Waals surface area (Å²) in [5, 5.41) is 0. The predicted molar refractivity (Wildman–Crippen MR) is 101 cm³/mol. The maximum absolute atomic E-state index is 13.6. The Hall–Kier alpha value is -1.31. The Morgan fingerprint density at radius 2 is 1.86 bits per heavy atom. The van der Waals surface area contributed by atoms with Gasteiger partial charge in [-0.2, -0.15) is 0 Å². The first kappa shape index (κ1) is 18.7. The standard InChI is InChI=1S/C22H28FNO4/c1-24(2)11-3-8-21(16-4-6-18(23)7-5-16)22-10-9-20(28-22,14-17(22)15-27-21)19-25-12-13-26-19/h4-7,9-10,17,19H,3,8,11-15H2,1-2H3/t17?,20?,21-,22?/m1/s1. The van der Waals surface area contributed by atoms with E-state index in [2.05, 4.69) is 31.1 Å². The third kappa shape index (κ3) is 2.55. The molecule has 1 aromatic rings. The summed E-state index contributed by atoms with van der Waals surface area (Å²) in [5.41, 5.74) is -0.760. The highest BCUT2D eigenvalue weighted by molar-refractivity contribution is 5.41. The van der Waals surface area contributed by atoms with E-state index in [1.54, 1.807) is 0 Å². The van der Waals surface area contributed by atoms with E-state index in [-0.39, 0.29) is 18.0 Å². The second-order valence-electron chi connectivity index (χ2n) is 8.71. The largest absolute Gasteiger partial charge is 0.366 e. The zero-order valence-corrected chi connectivity index (χ0v) is 16.5. The molecule has 0 radical (unpaired) electrons. The maximum atomic E-state index is 13.6. The minimum Gasteiger partial charge on any atom is -0.366 e. The van der Waals surface area contributed by atoms with Crippen LogP contribution >= 0.6 is 0 Å². The van der Waals surface area contributed by atoms with Crippen LogP contribution in [-0.4, -0.2) is 62.9 Å². The predicted octanol–water partition coefficient (Wildman–Crippen LogP) is 2.85. The molecule has 4 aliphatic rings. The molecule has 4 aliphatic heterocycles. The molecular formula is C22H28FNO4. The Balaban J connectivity index is 1.52. The first-order valence-corrected chi connectivity index (χ1v) is 10.2. The molecule has 5 nitrogen and oxygen atoms in total. The van der Waals surface area contributed by atoms with Gasteiger partial charge in [0.1, 0.15) is 22.6 Å². The monoisotopic (exact) mass is 389 g/mol. The lowest BCUT2D eigenvalue weighted by Crippen LogP contribution is -2.50. The average Bonchev–Trinajstić information content (AvgIpc) is 3.43. The molecule has 0 aliphatic carbocycles. The van der Waals surface area contributed by atoms with Crippen molar-refractivity contribution in [3.63, 3.8) is 0 Å². The van der Waals surface area contributed by atoms with Crippen LogP contribution in [0.2, 0.25) is 0 Å².